The molecule has 14 aromatic carbocycles. The molecule has 95 heavy (non-hydrogen) atoms. The van der Waals surface area contributed by atoms with Gasteiger partial charge >= 0.3 is 0 Å². The third-order valence-corrected chi connectivity index (χ3v) is 19.9. The van der Waals surface area contributed by atoms with E-state index in [1.165, 1.54) is 98.4 Å². The van der Waals surface area contributed by atoms with Crippen LogP contribution in [0.4, 0.5) is 0 Å². The normalized spacial score (nSPS) is 12.0. The van der Waals surface area contributed by atoms with Crippen LogP contribution in [0.3, 0.4) is 0 Å². The summed E-state index contributed by atoms with van der Waals surface area (Å²) in [7, 11) is 0. The van der Waals surface area contributed by atoms with Gasteiger partial charge in [0.1, 0.15) is 11.6 Å². The quantitative estimate of drug-likeness (QED) is 0.142. The van der Waals surface area contributed by atoms with Crippen molar-refractivity contribution < 1.29 is 0 Å². The van der Waals surface area contributed by atoms with E-state index in [-0.39, 0.29) is 0 Å². The smallest absolute Gasteiger partial charge is 0.140 e. The SMILES string of the molecule is c1ccc(-c2ccc3c(c2)c2cc(-c4ccccc4)ccc2n3-c2cc(-n3c4ccc(-c5ccccc5)cc4c4cc(-c5ccccc5)ccc43)cc(-n3c4ccccc4c4c5c6ccccc6n(-c6cccc(-n7c8ccccc8c8ccccc87)n6)c5ccc43)c2)cc1. The molecular weight excluding hydrogens is 1150 g/mol. The molecule has 0 aliphatic heterocycles. The number of nitrogens with zero attached hydrogens (tertiary/aromatic N) is 6. The summed E-state index contributed by atoms with van der Waals surface area (Å²) in [6.45, 7) is 0. The molecule has 0 saturated carbocycles. The van der Waals surface area contributed by atoms with Crippen molar-refractivity contribution in [1.29, 1.82) is 0 Å². The largest absolute Gasteiger partial charge is 0.309 e. The third-order valence-electron chi connectivity index (χ3n) is 19.9. The van der Waals surface area contributed by atoms with E-state index >= 15 is 0 Å². The van der Waals surface area contributed by atoms with Gasteiger partial charge in [-0.2, -0.15) is 0 Å². The number of hydrogen-bond acceptors (Lipinski definition) is 1. The molecule has 0 radical (unpaired) electrons. The van der Waals surface area contributed by atoms with Crippen molar-refractivity contribution in [2.45, 2.75) is 0 Å². The van der Waals surface area contributed by atoms with Crippen molar-refractivity contribution in [3.05, 3.63) is 340 Å². The summed E-state index contributed by atoms with van der Waals surface area (Å²) in [4.78, 5) is 5.60. The van der Waals surface area contributed by atoms with Crippen LogP contribution < -0.4 is 0 Å². The predicted molar refractivity (Wildman–Crippen MR) is 398 cm³/mol. The molecule has 0 bridgehead atoms. The number of fused-ring (bicyclic) bond motifs is 16. The molecule has 6 aromatic heterocycles. The van der Waals surface area contributed by atoms with E-state index in [0.29, 0.717) is 0 Å². The first-order valence-electron chi connectivity index (χ1n) is 32.6. The lowest BCUT2D eigenvalue weighted by Gasteiger charge is -2.18. The van der Waals surface area contributed by atoms with Crippen LogP contribution in [0.5, 0.6) is 0 Å². The average molecular weight is 1210 g/mol. The van der Waals surface area contributed by atoms with E-state index in [4.69, 9.17) is 4.98 Å². The monoisotopic (exact) mass is 1210 g/mol. The van der Waals surface area contributed by atoms with Crippen molar-refractivity contribution in [2.24, 2.45) is 0 Å². The molecule has 0 fully saturated rings. The highest BCUT2D eigenvalue weighted by atomic mass is 15.1. The first-order chi connectivity index (χ1) is 47.1. The van der Waals surface area contributed by atoms with Gasteiger partial charge in [0.25, 0.3) is 0 Å². The van der Waals surface area contributed by atoms with Gasteiger partial charge in [0.2, 0.25) is 0 Å². The topological polar surface area (TPSA) is 37.5 Å². The predicted octanol–water partition coefficient (Wildman–Crippen LogP) is 23.2. The van der Waals surface area contributed by atoms with E-state index in [9.17, 15) is 0 Å². The summed E-state index contributed by atoms with van der Waals surface area (Å²) in [5.74, 6) is 1.72. The number of rotatable bonds is 9. The van der Waals surface area contributed by atoms with Gasteiger partial charge < -0.3 is 13.7 Å². The summed E-state index contributed by atoms with van der Waals surface area (Å²) in [5, 5.41) is 11.9. The summed E-state index contributed by atoms with van der Waals surface area (Å²) >= 11 is 0. The minimum Gasteiger partial charge on any atom is -0.309 e. The van der Waals surface area contributed by atoms with Gasteiger partial charge in [-0.1, -0.05) is 224 Å². The summed E-state index contributed by atoms with van der Waals surface area (Å²) < 4.78 is 12.2. The minimum atomic E-state index is 0.854. The van der Waals surface area contributed by atoms with Crippen LogP contribution in [0.1, 0.15) is 0 Å². The summed E-state index contributed by atoms with van der Waals surface area (Å²) in [6, 6.07) is 125. The molecule has 442 valence electrons. The molecule has 6 heterocycles. The zero-order chi connectivity index (χ0) is 62.2. The standard InChI is InChI=1S/C89H56N6/c1-5-22-57(23-6-1)61-40-44-80-72(50-61)73-51-62(58-24-7-2-8-25-58)41-45-81(73)91(80)65-54-66(92-82-46-42-63(59-26-9-3-10-27-59)52-74(82)75-53-64(43-47-83(75)92)60-28-11-4-12-29-60)56-67(55-65)93-78-36-19-15-32-70(78)88-84(93)48-49-85-89(88)71-33-16-20-37-79(71)95(85)87-39-21-38-86(90-87)94-76-34-17-13-30-68(76)69-31-14-18-35-77(69)94/h1-56H. The molecular formula is C89H56N6. The Hall–Kier alpha value is -12.8. The second kappa shape index (κ2) is 20.9. The van der Waals surface area contributed by atoms with Gasteiger partial charge in [0.15, 0.2) is 0 Å². The number of hydrogen-bond donors (Lipinski definition) is 0. The Bertz CT molecular complexity index is 6040. The van der Waals surface area contributed by atoms with Crippen molar-refractivity contribution in [2.75, 3.05) is 0 Å². The van der Waals surface area contributed by atoms with Gasteiger partial charge in [-0.05, 0) is 160 Å². The maximum Gasteiger partial charge on any atom is 0.140 e. The molecule has 0 unspecified atom stereocenters. The van der Waals surface area contributed by atoms with Crippen LogP contribution >= 0.6 is 0 Å². The van der Waals surface area contributed by atoms with Gasteiger partial charge in [-0.25, -0.2) is 4.98 Å². The zero-order valence-electron chi connectivity index (χ0n) is 51.5. The van der Waals surface area contributed by atoms with Crippen LogP contribution in [0.25, 0.3) is 182 Å². The molecule has 0 atom stereocenters. The van der Waals surface area contributed by atoms with Crippen molar-refractivity contribution in [3.63, 3.8) is 0 Å². The van der Waals surface area contributed by atoms with Crippen LogP contribution in [0, 0.1) is 0 Å². The van der Waals surface area contributed by atoms with E-state index in [1.54, 1.807) is 0 Å². The van der Waals surface area contributed by atoms with Crippen LogP contribution in [-0.2, 0) is 0 Å². The van der Waals surface area contributed by atoms with Crippen molar-refractivity contribution in [1.82, 2.24) is 27.8 Å². The number of para-hydroxylation sites is 4. The molecule has 0 aliphatic rings. The molecule has 0 spiro atoms. The second-order valence-electron chi connectivity index (χ2n) is 25.1. The Morgan fingerprint density at radius 2 is 0.411 bits per heavy atom. The molecule has 0 saturated heterocycles. The highest BCUT2D eigenvalue weighted by molar-refractivity contribution is 6.29. The Morgan fingerprint density at radius 1 is 0.158 bits per heavy atom. The maximum atomic E-state index is 5.60. The lowest BCUT2D eigenvalue weighted by Crippen LogP contribution is -2.03. The Morgan fingerprint density at radius 3 is 0.768 bits per heavy atom. The molecule has 0 amide bonds. The first kappa shape index (κ1) is 52.9. The van der Waals surface area contributed by atoms with Gasteiger partial charge in [0.05, 0.1) is 72.2 Å². The Balaban J connectivity index is 0.868. The third kappa shape index (κ3) is 8.14. The van der Waals surface area contributed by atoms with E-state index < -0.39 is 0 Å². The van der Waals surface area contributed by atoms with Crippen LogP contribution in [0.2, 0.25) is 0 Å². The van der Waals surface area contributed by atoms with E-state index in [0.717, 1.165) is 83.9 Å². The number of pyridine rings is 1. The van der Waals surface area contributed by atoms with Crippen molar-refractivity contribution >= 4 is 109 Å². The first-order valence-corrected chi connectivity index (χ1v) is 32.6. The van der Waals surface area contributed by atoms with E-state index in [2.05, 4.69) is 363 Å². The molecule has 6 nitrogen and oxygen atoms in total. The van der Waals surface area contributed by atoms with Crippen LogP contribution in [-0.4, -0.2) is 27.8 Å². The fourth-order valence-corrected chi connectivity index (χ4v) is 15.7. The number of aromatic nitrogens is 6. The maximum absolute atomic E-state index is 5.60. The second-order valence-corrected chi connectivity index (χ2v) is 25.1. The minimum absolute atomic E-state index is 0.854. The molecule has 20 rings (SSSR count). The Labute approximate surface area is 546 Å². The lowest BCUT2D eigenvalue weighted by molar-refractivity contribution is 1.01. The molecule has 0 N–H and O–H groups in total. The fourth-order valence-electron chi connectivity index (χ4n) is 15.7. The van der Waals surface area contributed by atoms with Gasteiger partial charge in [-0.3, -0.25) is 9.13 Å². The van der Waals surface area contributed by atoms with Gasteiger partial charge in [0, 0.05) is 53.9 Å². The average Bonchev–Trinajstić information content (AvgIpc) is 1.55. The zero-order valence-corrected chi connectivity index (χ0v) is 51.5. The van der Waals surface area contributed by atoms with Crippen molar-refractivity contribution in [3.8, 4) is 73.2 Å². The molecule has 6 heteroatoms. The van der Waals surface area contributed by atoms with Crippen LogP contribution in [0.15, 0.2) is 340 Å². The highest BCUT2D eigenvalue weighted by Crippen LogP contribution is 2.46. The van der Waals surface area contributed by atoms with E-state index in [1.807, 2.05) is 0 Å². The van der Waals surface area contributed by atoms with Gasteiger partial charge in [-0.15, -0.1) is 0 Å². The lowest BCUT2D eigenvalue weighted by atomic mass is 10.0. The Kier molecular flexibility index (Phi) is 11.6. The molecule has 20 aromatic rings. The highest BCUT2D eigenvalue weighted by Gasteiger charge is 2.25. The molecule has 0 aliphatic carbocycles. The number of benzene rings is 14. The fraction of sp³-hybridized carbons (Fsp3) is 0. The summed E-state index contributed by atoms with van der Waals surface area (Å²) in [5.41, 5.74) is 23.8. The summed E-state index contributed by atoms with van der Waals surface area (Å²) in [6.07, 6.45) is 0.